The summed E-state index contributed by atoms with van der Waals surface area (Å²) in [4.78, 5) is 26.5. The van der Waals surface area contributed by atoms with Crippen molar-refractivity contribution in [1.82, 2.24) is 0 Å². The maximum absolute atomic E-state index is 12.7. The number of para-hydroxylation sites is 2. The Kier molecular flexibility index (Phi) is 4.05. The molecule has 1 fully saturated rings. The van der Waals surface area contributed by atoms with Crippen molar-refractivity contribution < 1.29 is 9.59 Å². The summed E-state index contributed by atoms with van der Waals surface area (Å²) in [5, 5.41) is 6.75. The topological polar surface area (TPSA) is 53.0 Å². The van der Waals surface area contributed by atoms with Crippen LogP contribution < -0.4 is 9.91 Å². The number of nitrogens with zero attached hydrogens (tertiary/aromatic N) is 3. The van der Waals surface area contributed by atoms with Crippen LogP contribution in [0.2, 0.25) is 0 Å². The van der Waals surface area contributed by atoms with E-state index in [2.05, 4.69) is 5.10 Å². The van der Waals surface area contributed by atoms with E-state index in [9.17, 15) is 9.59 Å². The molecule has 5 nitrogen and oxygen atoms in total. The van der Waals surface area contributed by atoms with Gasteiger partial charge in [0.15, 0.2) is 10.8 Å². The molecule has 0 aromatic heterocycles. The third kappa shape index (κ3) is 2.63. The Hall–Kier alpha value is -2.25. The van der Waals surface area contributed by atoms with E-state index in [1.807, 2.05) is 60.7 Å². The second-order valence-corrected chi connectivity index (χ2v) is 8.18. The molecule has 7 heteroatoms. The maximum atomic E-state index is 12.7. The van der Waals surface area contributed by atoms with Gasteiger partial charge in [-0.3, -0.25) is 14.5 Å². The van der Waals surface area contributed by atoms with Crippen molar-refractivity contribution in [2.75, 3.05) is 15.7 Å². The second-order valence-electron chi connectivity index (χ2n) is 5.61. The van der Waals surface area contributed by atoms with Crippen molar-refractivity contribution in [3.05, 3.63) is 60.7 Å². The van der Waals surface area contributed by atoms with Crippen LogP contribution in [0.5, 0.6) is 0 Å². The van der Waals surface area contributed by atoms with Gasteiger partial charge in [-0.2, -0.15) is 5.10 Å². The predicted octanol–water partition coefficient (Wildman–Crippen LogP) is 3.53. The van der Waals surface area contributed by atoms with Crippen LogP contribution in [0.3, 0.4) is 0 Å². The number of Topliss-reactive ketones (excluding diaryl/α,β-unsaturated/α-hetero) is 1. The van der Waals surface area contributed by atoms with Crippen molar-refractivity contribution in [1.29, 1.82) is 0 Å². The summed E-state index contributed by atoms with van der Waals surface area (Å²) in [6.07, 6.45) is 0. The van der Waals surface area contributed by atoms with Gasteiger partial charge in [0.1, 0.15) is 0 Å². The number of thioether (sulfide) groups is 2. The van der Waals surface area contributed by atoms with E-state index in [0.717, 1.165) is 11.4 Å². The first-order valence-electron chi connectivity index (χ1n) is 7.78. The van der Waals surface area contributed by atoms with Crippen LogP contribution in [0.25, 0.3) is 0 Å². The van der Waals surface area contributed by atoms with Gasteiger partial charge in [0, 0.05) is 12.6 Å². The van der Waals surface area contributed by atoms with Crippen LogP contribution >= 0.6 is 23.5 Å². The highest BCUT2D eigenvalue weighted by atomic mass is 32.2. The van der Waals surface area contributed by atoms with Gasteiger partial charge in [-0.15, -0.1) is 0 Å². The smallest absolute Gasteiger partial charge is 0.243 e. The molecule has 25 heavy (non-hydrogen) atoms. The monoisotopic (exact) mass is 369 g/mol. The number of rotatable bonds is 3. The van der Waals surface area contributed by atoms with Crippen molar-refractivity contribution in [2.24, 2.45) is 5.10 Å². The number of hydrazone groups is 1. The Balaban J connectivity index is 1.85. The summed E-state index contributed by atoms with van der Waals surface area (Å²) in [6.45, 7) is 1.50. The van der Waals surface area contributed by atoms with E-state index in [-0.39, 0.29) is 11.7 Å². The quantitative estimate of drug-likeness (QED) is 0.828. The van der Waals surface area contributed by atoms with Crippen LogP contribution in [0, 0.1) is 0 Å². The lowest BCUT2D eigenvalue weighted by molar-refractivity contribution is -0.116. The molecule has 0 radical (unpaired) electrons. The number of amides is 1. The highest BCUT2D eigenvalue weighted by molar-refractivity contribution is 8.28. The zero-order valence-electron chi connectivity index (χ0n) is 13.5. The first-order chi connectivity index (χ1) is 12.1. The Morgan fingerprint density at radius 2 is 1.64 bits per heavy atom. The van der Waals surface area contributed by atoms with Gasteiger partial charge < -0.3 is 0 Å². The Labute approximate surface area is 154 Å². The van der Waals surface area contributed by atoms with Crippen LogP contribution in [0.1, 0.15) is 6.92 Å². The molecule has 1 amide bonds. The standard InChI is InChI=1S/C18H15N3O2S2/c1-13(22)17-19-21(15-10-6-3-7-11-15)18(25-17)20(16(23)12-24-18)14-8-4-2-5-9-14/h2-11H,12H2,1H3/t18-/m0/s1. The molecule has 1 atom stereocenters. The number of hydrogen-bond donors (Lipinski definition) is 0. The minimum absolute atomic E-state index is 0.00429. The number of carbonyl (C=O) groups excluding carboxylic acids is 2. The number of ketones is 1. The largest absolute Gasteiger partial charge is 0.292 e. The number of anilines is 2. The van der Waals surface area contributed by atoms with Crippen LogP contribution in [0.4, 0.5) is 11.4 Å². The summed E-state index contributed by atoms with van der Waals surface area (Å²) in [6, 6.07) is 19.2. The molecule has 4 rings (SSSR count). The summed E-state index contributed by atoms with van der Waals surface area (Å²) < 4.78 is -0.819. The first kappa shape index (κ1) is 16.2. The fourth-order valence-electron chi connectivity index (χ4n) is 2.83. The van der Waals surface area contributed by atoms with Crippen molar-refractivity contribution in [3.63, 3.8) is 0 Å². The van der Waals surface area contributed by atoms with Gasteiger partial charge in [-0.1, -0.05) is 48.2 Å². The minimum atomic E-state index is -0.819. The van der Waals surface area contributed by atoms with Crippen LogP contribution in [-0.4, -0.2) is 26.8 Å². The van der Waals surface area contributed by atoms with Crippen molar-refractivity contribution in [3.8, 4) is 0 Å². The summed E-state index contributed by atoms with van der Waals surface area (Å²) in [5.74, 6) is 0.242. The Bertz CT molecular complexity index is 857. The fraction of sp³-hybridized carbons (Fsp3) is 0.167. The summed E-state index contributed by atoms with van der Waals surface area (Å²) in [5.41, 5.74) is 1.64. The lowest BCUT2D eigenvalue weighted by Gasteiger charge is -2.39. The zero-order chi connectivity index (χ0) is 17.4. The third-order valence-corrected chi connectivity index (χ3v) is 6.83. The first-order valence-corrected chi connectivity index (χ1v) is 9.58. The van der Waals surface area contributed by atoms with Crippen molar-refractivity contribution in [2.45, 2.75) is 11.3 Å². The molecule has 1 saturated heterocycles. The van der Waals surface area contributed by atoms with E-state index in [0.29, 0.717) is 10.8 Å². The van der Waals surface area contributed by atoms with Gasteiger partial charge in [0.05, 0.1) is 11.4 Å². The molecular weight excluding hydrogens is 354 g/mol. The van der Waals surface area contributed by atoms with Gasteiger partial charge in [-0.05, 0) is 36.0 Å². The fourth-order valence-corrected chi connectivity index (χ4v) is 5.58. The number of benzene rings is 2. The zero-order valence-corrected chi connectivity index (χ0v) is 15.1. The number of carbonyl (C=O) groups is 2. The van der Waals surface area contributed by atoms with Crippen molar-refractivity contribution >= 4 is 51.6 Å². The minimum Gasteiger partial charge on any atom is -0.292 e. The van der Waals surface area contributed by atoms with E-state index in [4.69, 9.17) is 0 Å². The maximum Gasteiger partial charge on any atom is 0.243 e. The summed E-state index contributed by atoms with van der Waals surface area (Å²) in [7, 11) is 0. The molecule has 0 N–H and O–H groups in total. The van der Waals surface area contributed by atoms with E-state index in [1.165, 1.54) is 30.4 Å². The van der Waals surface area contributed by atoms with E-state index in [1.54, 1.807) is 9.91 Å². The molecule has 0 aliphatic carbocycles. The Morgan fingerprint density at radius 1 is 1.04 bits per heavy atom. The van der Waals surface area contributed by atoms with Gasteiger partial charge in [0.2, 0.25) is 10.2 Å². The SMILES string of the molecule is CC(=O)C1=NN(c2ccccc2)[C@@]2(SCC(=O)N2c2ccccc2)S1. The molecule has 0 bridgehead atoms. The van der Waals surface area contributed by atoms with Crippen LogP contribution in [-0.2, 0) is 9.59 Å². The third-order valence-electron chi connectivity index (χ3n) is 3.92. The molecule has 2 aromatic rings. The molecule has 2 heterocycles. The average Bonchev–Trinajstić information content (AvgIpc) is 3.18. The molecule has 2 aromatic carbocycles. The molecule has 2 aliphatic heterocycles. The van der Waals surface area contributed by atoms with Gasteiger partial charge in [-0.25, -0.2) is 5.01 Å². The normalized spacial score (nSPS) is 22.6. The van der Waals surface area contributed by atoms with E-state index < -0.39 is 4.33 Å². The predicted molar refractivity (Wildman–Crippen MR) is 104 cm³/mol. The average molecular weight is 369 g/mol. The van der Waals surface area contributed by atoms with E-state index >= 15 is 0 Å². The molecule has 0 saturated carbocycles. The molecular formula is C18H15N3O2S2. The van der Waals surface area contributed by atoms with Gasteiger partial charge in [0.25, 0.3) is 0 Å². The highest BCUT2D eigenvalue weighted by Gasteiger charge is 2.57. The lowest BCUT2D eigenvalue weighted by atomic mass is 10.3. The Morgan fingerprint density at radius 3 is 2.24 bits per heavy atom. The molecule has 2 aliphatic rings. The number of hydrogen-bond acceptors (Lipinski definition) is 6. The molecule has 1 spiro atoms. The lowest BCUT2D eigenvalue weighted by Crippen LogP contribution is -2.51. The second kappa shape index (κ2) is 6.24. The molecule has 126 valence electrons. The van der Waals surface area contributed by atoms with Crippen LogP contribution in [0.15, 0.2) is 65.8 Å². The van der Waals surface area contributed by atoms with Gasteiger partial charge >= 0.3 is 0 Å². The summed E-state index contributed by atoms with van der Waals surface area (Å²) >= 11 is 2.82. The highest BCUT2D eigenvalue weighted by Crippen LogP contribution is 2.55. The molecule has 0 unspecified atom stereocenters.